The van der Waals surface area contributed by atoms with Crippen LogP contribution in [0.2, 0.25) is 0 Å². The molecule has 1 amide bonds. The van der Waals surface area contributed by atoms with Gasteiger partial charge < -0.3 is 14.4 Å². The highest BCUT2D eigenvalue weighted by molar-refractivity contribution is 5.67. The van der Waals surface area contributed by atoms with Gasteiger partial charge in [-0.2, -0.15) is 0 Å². The third-order valence-corrected chi connectivity index (χ3v) is 3.75. The summed E-state index contributed by atoms with van der Waals surface area (Å²) >= 11 is 0. The molecule has 0 bridgehead atoms. The number of hydrogen-bond acceptors (Lipinski definition) is 5. The van der Waals surface area contributed by atoms with Gasteiger partial charge in [0, 0.05) is 25.5 Å². The van der Waals surface area contributed by atoms with Crippen molar-refractivity contribution in [2.45, 2.75) is 26.8 Å². The SMILES string of the molecule is C/C=C(\C)CCN(Cc1ccc(Oc2ncccn2)cc1)C(=O)OC. The highest BCUT2D eigenvalue weighted by Crippen LogP contribution is 2.19. The molecule has 0 saturated heterocycles. The molecule has 1 heterocycles. The van der Waals surface area contributed by atoms with Gasteiger partial charge in [0.2, 0.25) is 0 Å². The van der Waals surface area contributed by atoms with Gasteiger partial charge in [-0.1, -0.05) is 23.8 Å². The highest BCUT2D eigenvalue weighted by atomic mass is 16.5. The first kappa shape index (κ1) is 18.4. The largest absolute Gasteiger partial charge is 0.453 e. The predicted octanol–water partition coefficient (Wildman–Crippen LogP) is 4.19. The third kappa shape index (κ3) is 5.91. The monoisotopic (exact) mass is 341 g/mol. The van der Waals surface area contributed by atoms with Gasteiger partial charge >= 0.3 is 12.1 Å². The Balaban J connectivity index is 2.00. The lowest BCUT2D eigenvalue weighted by Crippen LogP contribution is -2.31. The van der Waals surface area contributed by atoms with Crippen molar-refractivity contribution in [3.63, 3.8) is 0 Å². The van der Waals surface area contributed by atoms with Crippen LogP contribution in [0.1, 0.15) is 25.8 Å². The number of amides is 1. The van der Waals surface area contributed by atoms with E-state index in [9.17, 15) is 4.79 Å². The van der Waals surface area contributed by atoms with Gasteiger partial charge in [0.1, 0.15) is 5.75 Å². The summed E-state index contributed by atoms with van der Waals surface area (Å²) < 4.78 is 10.4. The number of carbonyl (C=O) groups is 1. The zero-order valence-corrected chi connectivity index (χ0v) is 14.8. The molecule has 0 radical (unpaired) electrons. The number of benzene rings is 1. The van der Waals surface area contributed by atoms with Crippen molar-refractivity contribution >= 4 is 6.09 Å². The molecule has 0 spiro atoms. The van der Waals surface area contributed by atoms with Gasteiger partial charge in [0.05, 0.1) is 7.11 Å². The summed E-state index contributed by atoms with van der Waals surface area (Å²) in [6.07, 6.45) is 5.78. The van der Waals surface area contributed by atoms with Gasteiger partial charge in [0.15, 0.2) is 0 Å². The maximum absolute atomic E-state index is 12.0. The molecule has 0 aliphatic carbocycles. The Morgan fingerprint density at radius 3 is 2.48 bits per heavy atom. The van der Waals surface area contributed by atoms with E-state index >= 15 is 0 Å². The average molecular weight is 341 g/mol. The molecule has 6 nitrogen and oxygen atoms in total. The summed E-state index contributed by atoms with van der Waals surface area (Å²) in [4.78, 5) is 21.7. The fraction of sp³-hybridized carbons (Fsp3) is 0.316. The summed E-state index contributed by atoms with van der Waals surface area (Å²) in [5, 5.41) is 0. The van der Waals surface area contributed by atoms with Crippen LogP contribution < -0.4 is 4.74 Å². The summed E-state index contributed by atoms with van der Waals surface area (Å²) in [5.74, 6) is 0.643. The minimum atomic E-state index is -0.332. The molecule has 1 aromatic heterocycles. The van der Waals surface area contributed by atoms with Crippen molar-refractivity contribution in [3.8, 4) is 11.8 Å². The molecule has 0 aliphatic rings. The van der Waals surface area contributed by atoms with Crippen LogP contribution >= 0.6 is 0 Å². The average Bonchev–Trinajstić information content (AvgIpc) is 2.66. The van der Waals surface area contributed by atoms with E-state index in [1.165, 1.54) is 12.7 Å². The first-order valence-corrected chi connectivity index (χ1v) is 8.11. The zero-order valence-electron chi connectivity index (χ0n) is 14.8. The number of allylic oxidation sites excluding steroid dienone is 1. The van der Waals surface area contributed by atoms with Crippen LogP contribution in [0.3, 0.4) is 0 Å². The van der Waals surface area contributed by atoms with Gasteiger partial charge in [0.25, 0.3) is 0 Å². The van der Waals surface area contributed by atoms with Gasteiger partial charge in [-0.05, 0) is 44.0 Å². The van der Waals surface area contributed by atoms with Crippen molar-refractivity contribution in [2.24, 2.45) is 0 Å². The number of rotatable bonds is 7. The molecule has 2 aromatic rings. The number of carbonyl (C=O) groups excluding carboxylic acids is 1. The second kappa shape index (κ2) is 9.42. The standard InChI is InChI=1S/C19H23N3O3/c1-4-15(2)10-13-22(19(23)24-3)14-16-6-8-17(9-7-16)25-18-20-11-5-12-21-18/h4-9,11-12H,10,13-14H2,1-3H3/b15-4+. The Hall–Kier alpha value is -2.89. The molecule has 0 aliphatic heterocycles. The quantitative estimate of drug-likeness (QED) is 0.706. The van der Waals surface area contributed by atoms with Crippen LogP contribution in [0.15, 0.2) is 54.4 Å². The summed E-state index contributed by atoms with van der Waals surface area (Å²) in [7, 11) is 1.40. The van der Waals surface area contributed by atoms with E-state index in [4.69, 9.17) is 9.47 Å². The molecule has 0 N–H and O–H groups in total. The molecule has 132 valence electrons. The van der Waals surface area contributed by atoms with Crippen molar-refractivity contribution in [1.29, 1.82) is 0 Å². The Kier molecular flexibility index (Phi) is 6.95. The molecular weight excluding hydrogens is 318 g/mol. The first-order valence-electron chi connectivity index (χ1n) is 8.11. The summed E-state index contributed by atoms with van der Waals surface area (Å²) in [6, 6.07) is 9.52. The van der Waals surface area contributed by atoms with E-state index in [0.717, 1.165) is 12.0 Å². The topological polar surface area (TPSA) is 64.5 Å². The van der Waals surface area contributed by atoms with E-state index in [1.807, 2.05) is 44.2 Å². The second-order valence-corrected chi connectivity index (χ2v) is 5.55. The fourth-order valence-corrected chi connectivity index (χ4v) is 2.15. The maximum atomic E-state index is 12.0. The van der Waals surface area contributed by atoms with Crippen LogP contribution in [0.4, 0.5) is 4.79 Å². The molecule has 2 rings (SSSR count). The van der Waals surface area contributed by atoms with E-state index < -0.39 is 0 Å². The molecule has 0 fully saturated rings. The number of ether oxygens (including phenoxy) is 2. The fourth-order valence-electron chi connectivity index (χ4n) is 2.15. The van der Waals surface area contributed by atoms with Gasteiger partial charge in [-0.25, -0.2) is 14.8 Å². The van der Waals surface area contributed by atoms with E-state index in [2.05, 4.69) is 9.97 Å². The van der Waals surface area contributed by atoms with Gasteiger partial charge in [-0.15, -0.1) is 0 Å². The Morgan fingerprint density at radius 1 is 1.20 bits per heavy atom. The molecule has 0 atom stereocenters. The first-order chi connectivity index (χ1) is 12.1. The second-order valence-electron chi connectivity index (χ2n) is 5.55. The molecule has 25 heavy (non-hydrogen) atoms. The Bertz CT molecular complexity index is 700. The highest BCUT2D eigenvalue weighted by Gasteiger charge is 2.14. The molecule has 6 heteroatoms. The van der Waals surface area contributed by atoms with Crippen molar-refractivity contribution < 1.29 is 14.3 Å². The lowest BCUT2D eigenvalue weighted by Gasteiger charge is -2.21. The normalized spacial score (nSPS) is 11.1. The van der Waals surface area contributed by atoms with Crippen molar-refractivity contribution in [1.82, 2.24) is 14.9 Å². The predicted molar refractivity (Wildman–Crippen MR) is 95.4 cm³/mol. The van der Waals surface area contributed by atoms with Crippen molar-refractivity contribution in [2.75, 3.05) is 13.7 Å². The minimum absolute atomic E-state index is 0.299. The summed E-state index contributed by atoms with van der Waals surface area (Å²) in [6.45, 7) is 5.13. The smallest absolute Gasteiger partial charge is 0.409 e. The zero-order chi connectivity index (χ0) is 18.1. The Labute approximate surface area is 148 Å². The van der Waals surface area contributed by atoms with Crippen LogP contribution in [-0.2, 0) is 11.3 Å². The minimum Gasteiger partial charge on any atom is -0.453 e. The van der Waals surface area contributed by atoms with Crippen LogP contribution in [0, 0.1) is 0 Å². The number of methoxy groups -OCH3 is 1. The van der Waals surface area contributed by atoms with E-state index in [0.29, 0.717) is 24.8 Å². The number of hydrogen-bond donors (Lipinski definition) is 0. The van der Waals surface area contributed by atoms with E-state index in [1.54, 1.807) is 23.4 Å². The molecular formula is C19H23N3O3. The summed E-state index contributed by atoms with van der Waals surface area (Å²) in [5.41, 5.74) is 2.23. The lowest BCUT2D eigenvalue weighted by molar-refractivity contribution is 0.121. The lowest BCUT2D eigenvalue weighted by atomic mass is 10.1. The number of nitrogens with zero attached hydrogens (tertiary/aromatic N) is 3. The molecule has 1 aromatic carbocycles. The third-order valence-electron chi connectivity index (χ3n) is 3.75. The van der Waals surface area contributed by atoms with E-state index in [-0.39, 0.29) is 6.09 Å². The maximum Gasteiger partial charge on any atom is 0.409 e. The van der Waals surface area contributed by atoms with Crippen LogP contribution in [-0.4, -0.2) is 34.6 Å². The van der Waals surface area contributed by atoms with Crippen LogP contribution in [0.25, 0.3) is 0 Å². The number of aromatic nitrogens is 2. The van der Waals surface area contributed by atoms with Gasteiger partial charge in [-0.3, -0.25) is 0 Å². The Morgan fingerprint density at radius 2 is 1.88 bits per heavy atom. The molecule has 0 saturated carbocycles. The molecule has 0 unspecified atom stereocenters. The van der Waals surface area contributed by atoms with Crippen molar-refractivity contribution in [3.05, 3.63) is 59.9 Å². The van der Waals surface area contributed by atoms with Crippen LogP contribution in [0.5, 0.6) is 11.8 Å².